The number of anilines is 1. The molecule has 2 N–H and O–H groups in total. The van der Waals surface area contributed by atoms with E-state index in [2.05, 4.69) is 15.8 Å². The summed E-state index contributed by atoms with van der Waals surface area (Å²) in [6, 6.07) is 10.8. The van der Waals surface area contributed by atoms with Gasteiger partial charge in [0.1, 0.15) is 17.9 Å². The molecule has 2 amide bonds. The summed E-state index contributed by atoms with van der Waals surface area (Å²) in [6.07, 6.45) is 1.10. The monoisotopic (exact) mass is 369 g/mol. The van der Waals surface area contributed by atoms with Gasteiger partial charge in [-0.2, -0.15) is 5.10 Å². The maximum Gasteiger partial charge on any atom is 0.249 e. The molecule has 0 fully saturated rings. The SMILES string of the molecule is COc1ccc(OC)c(C=NNC(=O)CC(=O)Nc2ccc(C)c(C)c2)c1. The Labute approximate surface area is 158 Å². The Morgan fingerprint density at radius 1 is 1.00 bits per heavy atom. The molecule has 27 heavy (non-hydrogen) atoms. The van der Waals surface area contributed by atoms with Crippen molar-refractivity contribution in [3.63, 3.8) is 0 Å². The summed E-state index contributed by atoms with van der Waals surface area (Å²) in [4.78, 5) is 23.9. The maximum atomic E-state index is 12.0. The molecule has 0 aromatic heterocycles. The van der Waals surface area contributed by atoms with Gasteiger partial charge in [-0.05, 0) is 55.3 Å². The quantitative estimate of drug-likeness (QED) is 0.446. The second-order valence-electron chi connectivity index (χ2n) is 5.93. The Balaban J connectivity index is 1.91. The maximum absolute atomic E-state index is 12.0. The summed E-state index contributed by atoms with van der Waals surface area (Å²) < 4.78 is 10.4. The van der Waals surface area contributed by atoms with Gasteiger partial charge in [-0.25, -0.2) is 5.43 Å². The van der Waals surface area contributed by atoms with Crippen LogP contribution in [0.2, 0.25) is 0 Å². The van der Waals surface area contributed by atoms with Gasteiger partial charge in [0, 0.05) is 11.3 Å². The Kier molecular flexibility index (Phi) is 6.93. The minimum Gasteiger partial charge on any atom is -0.497 e. The van der Waals surface area contributed by atoms with Crippen molar-refractivity contribution < 1.29 is 19.1 Å². The van der Waals surface area contributed by atoms with E-state index in [0.29, 0.717) is 22.7 Å². The fourth-order valence-electron chi connectivity index (χ4n) is 2.32. The highest BCUT2D eigenvalue weighted by Gasteiger charge is 2.10. The van der Waals surface area contributed by atoms with Crippen LogP contribution in [0.3, 0.4) is 0 Å². The lowest BCUT2D eigenvalue weighted by atomic mass is 10.1. The zero-order chi connectivity index (χ0) is 19.8. The normalized spacial score (nSPS) is 10.5. The summed E-state index contributed by atoms with van der Waals surface area (Å²) in [5.41, 5.74) is 5.82. The van der Waals surface area contributed by atoms with E-state index >= 15 is 0 Å². The number of benzene rings is 2. The number of nitrogens with one attached hydrogen (secondary N) is 2. The van der Waals surface area contributed by atoms with Gasteiger partial charge in [-0.3, -0.25) is 9.59 Å². The highest BCUT2D eigenvalue weighted by atomic mass is 16.5. The molecule has 2 aromatic rings. The first-order valence-corrected chi connectivity index (χ1v) is 8.34. The van der Waals surface area contributed by atoms with Crippen LogP contribution in [0.25, 0.3) is 0 Å². The van der Waals surface area contributed by atoms with Crippen LogP contribution in [-0.2, 0) is 9.59 Å². The van der Waals surface area contributed by atoms with Gasteiger partial charge in [0.2, 0.25) is 11.8 Å². The van der Waals surface area contributed by atoms with Gasteiger partial charge in [-0.15, -0.1) is 0 Å². The van der Waals surface area contributed by atoms with Crippen LogP contribution in [0, 0.1) is 13.8 Å². The zero-order valence-corrected chi connectivity index (χ0v) is 15.8. The topological polar surface area (TPSA) is 89.0 Å². The number of hydrogen-bond donors (Lipinski definition) is 2. The third-order valence-corrected chi connectivity index (χ3v) is 3.94. The number of carbonyl (C=O) groups excluding carboxylic acids is 2. The van der Waals surface area contributed by atoms with Gasteiger partial charge >= 0.3 is 0 Å². The summed E-state index contributed by atoms with van der Waals surface area (Å²) in [6.45, 7) is 3.95. The first kappa shape index (κ1) is 20.0. The highest BCUT2D eigenvalue weighted by molar-refractivity contribution is 6.03. The Morgan fingerprint density at radius 3 is 2.44 bits per heavy atom. The minimum atomic E-state index is -0.519. The fourth-order valence-corrected chi connectivity index (χ4v) is 2.32. The van der Waals surface area contributed by atoms with Crippen LogP contribution in [0.5, 0.6) is 11.5 Å². The molecule has 0 aliphatic rings. The summed E-state index contributed by atoms with van der Waals surface area (Å²) in [5, 5.41) is 6.57. The molecule has 0 aliphatic carbocycles. The summed E-state index contributed by atoms with van der Waals surface area (Å²) in [7, 11) is 3.09. The van der Waals surface area contributed by atoms with E-state index in [9.17, 15) is 9.59 Å². The number of rotatable bonds is 7. The van der Waals surface area contributed by atoms with Gasteiger partial charge in [0.05, 0.1) is 20.4 Å². The van der Waals surface area contributed by atoms with E-state index in [0.717, 1.165) is 11.1 Å². The van der Waals surface area contributed by atoms with Crippen molar-refractivity contribution in [2.45, 2.75) is 20.3 Å². The van der Waals surface area contributed by atoms with E-state index in [-0.39, 0.29) is 6.42 Å². The molecular formula is C20H23N3O4. The Hall–Kier alpha value is -3.35. The molecule has 0 aliphatic heterocycles. The predicted octanol–water partition coefficient (Wildman–Crippen LogP) is 2.80. The number of hydrazone groups is 1. The fraction of sp³-hybridized carbons (Fsp3) is 0.250. The van der Waals surface area contributed by atoms with Crippen LogP contribution in [0.15, 0.2) is 41.5 Å². The second-order valence-corrected chi connectivity index (χ2v) is 5.93. The van der Waals surface area contributed by atoms with Gasteiger partial charge in [0.25, 0.3) is 0 Å². The predicted molar refractivity (Wildman–Crippen MR) is 104 cm³/mol. The lowest BCUT2D eigenvalue weighted by Crippen LogP contribution is -2.24. The molecular weight excluding hydrogens is 346 g/mol. The number of nitrogens with zero attached hydrogens (tertiary/aromatic N) is 1. The molecule has 0 heterocycles. The van der Waals surface area contributed by atoms with Crippen LogP contribution >= 0.6 is 0 Å². The summed E-state index contributed by atoms with van der Waals surface area (Å²) >= 11 is 0. The van der Waals surface area contributed by atoms with Crippen LogP contribution in [-0.4, -0.2) is 32.2 Å². The van der Waals surface area contributed by atoms with Crippen molar-refractivity contribution in [2.75, 3.05) is 19.5 Å². The third kappa shape index (κ3) is 5.85. The van der Waals surface area contributed by atoms with E-state index in [4.69, 9.17) is 9.47 Å². The van der Waals surface area contributed by atoms with E-state index in [1.807, 2.05) is 26.0 Å². The number of carbonyl (C=O) groups is 2. The van der Waals surface area contributed by atoms with Crippen molar-refractivity contribution in [2.24, 2.45) is 5.10 Å². The molecule has 0 saturated heterocycles. The number of ether oxygens (including phenoxy) is 2. The standard InChI is InChI=1S/C20H23N3O4/c1-13-5-6-16(9-14(13)2)22-19(24)11-20(25)23-21-12-15-10-17(26-3)7-8-18(15)27-4/h5-10,12H,11H2,1-4H3,(H,22,24)(H,23,25). The Morgan fingerprint density at radius 2 is 1.78 bits per heavy atom. The molecule has 0 saturated carbocycles. The number of hydrogen-bond acceptors (Lipinski definition) is 5. The van der Waals surface area contributed by atoms with Crippen molar-refractivity contribution in [1.29, 1.82) is 0 Å². The van der Waals surface area contributed by atoms with E-state index in [1.165, 1.54) is 13.3 Å². The molecule has 0 unspecified atom stereocenters. The van der Waals surface area contributed by atoms with Gasteiger partial charge in [-0.1, -0.05) is 6.07 Å². The van der Waals surface area contributed by atoms with Crippen molar-refractivity contribution in [3.05, 3.63) is 53.1 Å². The summed E-state index contributed by atoms with van der Waals surface area (Å²) in [5.74, 6) is 0.289. The average Bonchev–Trinajstić information content (AvgIpc) is 2.64. The van der Waals surface area contributed by atoms with Crippen LogP contribution < -0.4 is 20.2 Å². The minimum absolute atomic E-state index is 0.334. The first-order chi connectivity index (χ1) is 12.9. The van der Waals surface area contributed by atoms with Gasteiger partial charge in [0.15, 0.2) is 0 Å². The largest absolute Gasteiger partial charge is 0.497 e. The van der Waals surface area contributed by atoms with Gasteiger partial charge < -0.3 is 14.8 Å². The molecule has 142 valence electrons. The third-order valence-electron chi connectivity index (χ3n) is 3.94. The highest BCUT2D eigenvalue weighted by Crippen LogP contribution is 2.22. The Bertz CT molecular complexity index is 862. The molecule has 2 aromatic carbocycles. The lowest BCUT2D eigenvalue weighted by Gasteiger charge is -2.08. The molecule has 0 bridgehead atoms. The first-order valence-electron chi connectivity index (χ1n) is 8.34. The number of aryl methyl sites for hydroxylation is 2. The van der Waals surface area contributed by atoms with Crippen molar-refractivity contribution in [1.82, 2.24) is 5.43 Å². The zero-order valence-electron chi connectivity index (χ0n) is 15.8. The van der Waals surface area contributed by atoms with Crippen molar-refractivity contribution in [3.8, 4) is 11.5 Å². The van der Waals surface area contributed by atoms with Crippen molar-refractivity contribution >= 4 is 23.7 Å². The smallest absolute Gasteiger partial charge is 0.249 e. The molecule has 0 radical (unpaired) electrons. The van der Waals surface area contributed by atoms with Crippen LogP contribution in [0.1, 0.15) is 23.1 Å². The molecule has 2 rings (SSSR count). The molecule has 0 atom stereocenters. The van der Waals surface area contributed by atoms with E-state index in [1.54, 1.807) is 31.4 Å². The molecule has 0 spiro atoms. The lowest BCUT2D eigenvalue weighted by molar-refractivity contribution is -0.126. The molecule has 7 heteroatoms. The number of amides is 2. The molecule has 7 nitrogen and oxygen atoms in total. The average molecular weight is 369 g/mol. The van der Waals surface area contributed by atoms with E-state index < -0.39 is 11.8 Å². The second kappa shape index (κ2) is 9.38. The number of methoxy groups -OCH3 is 2. The van der Waals surface area contributed by atoms with Crippen LogP contribution in [0.4, 0.5) is 5.69 Å².